The molecule has 0 saturated heterocycles. The van der Waals surface area contributed by atoms with Crippen LogP contribution in [0.2, 0.25) is 0 Å². The third-order valence-electron chi connectivity index (χ3n) is 7.07. The Bertz CT molecular complexity index is 1150. The van der Waals surface area contributed by atoms with Gasteiger partial charge in [0.05, 0.1) is 0 Å². The van der Waals surface area contributed by atoms with Gasteiger partial charge < -0.3 is 9.80 Å². The van der Waals surface area contributed by atoms with E-state index < -0.39 is 0 Å². The molecule has 2 aliphatic rings. The van der Waals surface area contributed by atoms with Gasteiger partial charge in [-0.25, -0.2) is 0 Å². The van der Waals surface area contributed by atoms with Crippen LogP contribution >= 0.6 is 0 Å². The molecule has 0 spiro atoms. The highest BCUT2D eigenvalue weighted by atomic mass is 15.2. The largest absolute Gasteiger partial charge is 0.338 e. The summed E-state index contributed by atoms with van der Waals surface area (Å²) in [6.45, 7) is 0.865. The van der Waals surface area contributed by atoms with Crippen molar-refractivity contribution in [1.82, 2.24) is 0 Å². The van der Waals surface area contributed by atoms with Crippen LogP contribution in [0.1, 0.15) is 36.3 Å². The Kier molecular flexibility index (Phi) is 4.92. The maximum absolute atomic E-state index is 2.60. The second-order valence-corrected chi connectivity index (χ2v) is 8.96. The van der Waals surface area contributed by atoms with Crippen molar-refractivity contribution in [3.05, 3.63) is 120 Å². The molecule has 2 unspecified atom stereocenters. The summed E-state index contributed by atoms with van der Waals surface area (Å²) in [7, 11) is 0. The number of benzene rings is 4. The Hall–Kier alpha value is -3.52. The van der Waals surface area contributed by atoms with E-state index in [1.807, 2.05) is 0 Å². The predicted octanol–water partition coefficient (Wildman–Crippen LogP) is 7.81. The first-order valence-corrected chi connectivity index (χ1v) is 11.7. The Morgan fingerprint density at radius 2 is 1.31 bits per heavy atom. The fourth-order valence-corrected chi connectivity index (χ4v) is 5.66. The van der Waals surface area contributed by atoms with Crippen LogP contribution in [0.15, 0.2) is 109 Å². The molecule has 4 aromatic carbocycles. The summed E-state index contributed by atoms with van der Waals surface area (Å²) < 4.78 is 0. The third-order valence-corrected chi connectivity index (χ3v) is 7.07. The van der Waals surface area contributed by atoms with Crippen LogP contribution in [0.25, 0.3) is 0 Å². The molecule has 158 valence electrons. The molecule has 1 aliphatic carbocycles. The van der Waals surface area contributed by atoms with Crippen LogP contribution in [-0.2, 0) is 6.54 Å². The zero-order chi connectivity index (χ0) is 21.3. The fourth-order valence-electron chi connectivity index (χ4n) is 5.66. The highest BCUT2D eigenvalue weighted by molar-refractivity contribution is 5.74. The van der Waals surface area contributed by atoms with Gasteiger partial charge in [0.1, 0.15) is 0 Å². The van der Waals surface area contributed by atoms with E-state index in [9.17, 15) is 0 Å². The second kappa shape index (κ2) is 8.20. The predicted molar refractivity (Wildman–Crippen MR) is 134 cm³/mol. The van der Waals surface area contributed by atoms with E-state index in [-0.39, 0.29) is 0 Å². The Morgan fingerprint density at radius 3 is 1.97 bits per heavy atom. The van der Waals surface area contributed by atoms with E-state index in [4.69, 9.17) is 0 Å². The average Bonchev–Trinajstić information content (AvgIpc) is 3.45. The zero-order valence-corrected chi connectivity index (χ0v) is 18.3. The number of para-hydroxylation sites is 3. The first kappa shape index (κ1) is 19.2. The van der Waals surface area contributed by atoms with Gasteiger partial charge in [-0.2, -0.15) is 0 Å². The van der Waals surface area contributed by atoms with Crippen molar-refractivity contribution >= 4 is 22.7 Å². The molecule has 0 aromatic heterocycles. The van der Waals surface area contributed by atoms with Gasteiger partial charge in [-0.1, -0.05) is 73.2 Å². The van der Waals surface area contributed by atoms with Crippen molar-refractivity contribution in [2.75, 3.05) is 9.80 Å². The number of hydrogen-bond acceptors (Lipinski definition) is 2. The molecular formula is C30H28N2. The molecule has 2 atom stereocenters. The molecule has 2 heteroatoms. The fraction of sp³-hybridized carbons (Fsp3) is 0.200. The van der Waals surface area contributed by atoms with Crippen molar-refractivity contribution in [1.29, 1.82) is 0 Å². The minimum Gasteiger partial charge on any atom is -0.338 e. The van der Waals surface area contributed by atoms with Gasteiger partial charge in [0, 0.05) is 41.3 Å². The molecular weight excluding hydrogens is 388 g/mol. The summed E-state index contributed by atoms with van der Waals surface area (Å²) >= 11 is 0. The van der Waals surface area contributed by atoms with Gasteiger partial charge in [0.15, 0.2) is 0 Å². The van der Waals surface area contributed by atoms with Gasteiger partial charge in [0.25, 0.3) is 0 Å². The van der Waals surface area contributed by atoms with E-state index in [1.165, 1.54) is 53.1 Å². The number of rotatable bonds is 5. The van der Waals surface area contributed by atoms with Crippen LogP contribution in [-0.4, -0.2) is 6.04 Å². The molecule has 32 heavy (non-hydrogen) atoms. The molecule has 1 heterocycles. The van der Waals surface area contributed by atoms with Gasteiger partial charge in [-0.05, 0) is 66.4 Å². The monoisotopic (exact) mass is 416 g/mol. The molecule has 1 fully saturated rings. The minimum absolute atomic E-state index is 0.599. The summed E-state index contributed by atoms with van der Waals surface area (Å²) in [5.74, 6) is 0.645. The third kappa shape index (κ3) is 3.36. The number of fused-ring (bicyclic) bond motifs is 3. The summed E-state index contributed by atoms with van der Waals surface area (Å²) in [6.07, 6.45) is 3.90. The average molecular weight is 417 g/mol. The lowest BCUT2D eigenvalue weighted by atomic mass is 9.95. The van der Waals surface area contributed by atoms with E-state index >= 15 is 0 Å². The van der Waals surface area contributed by atoms with Crippen LogP contribution in [0.5, 0.6) is 0 Å². The highest BCUT2D eigenvalue weighted by Crippen LogP contribution is 2.52. The molecule has 2 nitrogen and oxygen atoms in total. The summed E-state index contributed by atoms with van der Waals surface area (Å²) in [4.78, 5) is 5.01. The Labute approximate surface area is 190 Å². The van der Waals surface area contributed by atoms with E-state index in [0.717, 1.165) is 6.54 Å². The SMILES string of the molecule is c1ccc(N(Cc2ccc3c(c2)C2CCCC2N3c2ccccc2)c2ccccc2)cc1. The molecule has 0 N–H and O–H groups in total. The normalized spacial score (nSPS) is 18.9. The smallest absolute Gasteiger partial charge is 0.0481 e. The molecule has 6 rings (SSSR count). The maximum Gasteiger partial charge on any atom is 0.0481 e. The van der Waals surface area contributed by atoms with Crippen molar-refractivity contribution in [2.45, 2.75) is 37.8 Å². The van der Waals surface area contributed by atoms with E-state index in [2.05, 4.69) is 119 Å². The molecule has 0 radical (unpaired) electrons. The van der Waals surface area contributed by atoms with Gasteiger partial charge in [0.2, 0.25) is 0 Å². The molecule has 4 aromatic rings. The molecule has 1 saturated carbocycles. The lowest BCUT2D eigenvalue weighted by Crippen LogP contribution is -2.26. The zero-order valence-electron chi connectivity index (χ0n) is 18.3. The van der Waals surface area contributed by atoms with E-state index in [1.54, 1.807) is 0 Å². The lowest BCUT2D eigenvalue weighted by molar-refractivity contribution is 0.641. The number of anilines is 4. The van der Waals surface area contributed by atoms with Crippen LogP contribution in [0, 0.1) is 0 Å². The topological polar surface area (TPSA) is 6.48 Å². The van der Waals surface area contributed by atoms with Gasteiger partial charge in [-0.3, -0.25) is 0 Å². The molecule has 0 bridgehead atoms. The van der Waals surface area contributed by atoms with Crippen LogP contribution in [0.3, 0.4) is 0 Å². The first-order valence-electron chi connectivity index (χ1n) is 11.7. The summed E-state index contributed by atoms with van der Waals surface area (Å²) in [5.41, 5.74) is 8.09. The Balaban J connectivity index is 1.38. The minimum atomic E-state index is 0.599. The van der Waals surface area contributed by atoms with Gasteiger partial charge >= 0.3 is 0 Å². The number of nitrogens with zero attached hydrogens (tertiary/aromatic N) is 2. The van der Waals surface area contributed by atoms with Crippen LogP contribution in [0.4, 0.5) is 22.7 Å². The standard InChI is InChI=1S/C30H28N2/c1-4-11-24(12-5-1)31(25-13-6-2-7-14-25)22-23-19-20-30-28(21-23)27-17-10-18-29(27)32(30)26-15-8-3-9-16-26/h1-9,11-16,19-21,27,29H,10,17-18,22H2. The van der Waals surface area contributed by atoms with Crippen molar-refractivity contribution in [3.8, 4) is 0 Å². The summed E-state index contributed by atoms with van der Waals surface area (Å²) in [6, 6.07) is 40.2. The van der Waals surface area contributed by atoms with Crippen LogP contribution < -0.4 is 9.80 Å². The quantitative estimate of drug-likeness (QED) is 0.327. The number of hydrogen-bond donors (Lipinski definition) is 0. The van der Waals surface area contributed by atoms with Crippen molar-refractivity contribution < 1.29 is 0 Å². The van der Waals surface area contributed by atoms with Crippen molar-refractivity contribution in [3.63, 3.8) is 0 Å². The van der Waals surface area contributed by atoms with E-state index in [0.29, 0.717) is 12.0 Å². The highest BCUT2D eigenvalue weighted by Gasteiger charge is 2.42. The van der Waals surface area contributed by atoms with Crippen molar-refractivity contribution in [2.24, 2.45) is 0 Å². The Morgan fingerprint density at radius 1 is 0.688 bits per heavy atom. The lowest BCUT2D eigenvalue weighted by Gasteiger charge is -2.27. The van der Waals surface area contributed by atoms with Gasteiger partial charge in [-0.15, -0.1) is 0 Å². The molecule has 0 amide bonds. The maximum atomic E-state index is 2.60. The second-order valence-electron chi connectivity index (χ2n) is 8.96. The molecule has 1 aliphatic heterocycles. The summed E-state index contributed by atoms with van der Waals surface area (Å²) in [5, 5.41) is 0. The first-order chi connectivity index (χ1) is 15.9.